The average Bonchev–Trinajstić information content (AvgIpc) is 2.61. The SMILES string of the molecule is CCC(NC1C(C)=Cc2ccccc21)C(=O)O. The summed E-state index contributed by atoms with van der Waals surface area (Å²) in [7, 11) is 0. The maximum atomic E-state index is 11.1. The lowest BCUT2D eigenvalue weighted by molar-refractivity contribution is -0.139. The van der Waals surface area contributed by atoms with E-state index in [4.69, 9.17) is 5.11 Å². The molecule has 2 atom stereocenters. The Hall–Kier alpha value is -1.61. The summed E-state index contributed by atoms with van der Waals surface area (Å²) >= 11 is 0. The number of carboxylic acids is 1. The summed E-state index contributed by atoms with van der Waals surface area (Å²) in [5.74, 6) is -0.787. The Morgan fingerprint density at radius 3 is 2.82 bits per heavy atom. The van der Waals surface area contributed by atoms with Crippen molar-refractivity contribution in [2.75, 3.05) is 0 Å². The fourth-order valence-corrected chi connectivity index (χ4v) is 2.27. The molecule has 0 bridgehead atoms. The first kappa shape index (κ1) is 11.9. The number of benzene rings is 1. The molecule has 3 heteroatoms. The fourth-order valence-electron chi connectivity index (χ4n) is 2.27. The van der Waals surface area contributed by atoms with Gasteiger partial charge in [-0.3, -0.25) is 10.1 Å². The van der Waals surface area contributed by atoms with Crippen LogP contribution in [0.15, 0.2) is 29.8 Å². The number of carbonyl (C=O) groups is 1. The highest BCUT2D eigenvalue weighted by Gasteiger charge is 2.26. The van der Waals surface area contributed by atoms with Gasteiger partial charge in [-0.15, -0.1) is 0 Å². The molecule has 1 aromatic rings. The van der Waals surface area contributed by atoms with Crippen molar-refractivity contribution in [3.8, 4) is 0 Å². The second-order valence-corrected chi connectivity index (χ2v) is 4.42. The molecule has 17 heavy (non-hydrogen) atoms. The zero-order valence-corrected chi connectivity index (χ0v) is 10.1. The Kier molecular flexibility index (Phi) is 3.29. The highest BCUT2D eigenvalue weighted by molar-refractivity contribution is 5.74. The molecule has 90 valence electrons. The van der Waals surface area contributed by atoms with E-state index in [2.05, 4.69) is 23.5 Å². The normalized spacial score (nSPS) is 19.6. The van der Waals surface area contributed by atoms with Crippen LogP contribution in [0.1, 0.15) is 37.4 Å². The van der Waals surface area contributed by atoms with Crippen LogP contribution in [0.3, 0.4) is 0 Å². The van der Waals surface area contributed by atoms with E-state index in [-0.39, 0.29) is 6.04 Å². The maximum absolute atomic E-state index is 11.1. The largest absolute Gasteiger partial charge is 0.480 e. The van der Waals surface area contributed by atoms with Gasteiger partial charge in [-0.1, -0.05) is 42.8 Å². The number of hydrogen-bond donors (Lipinski definition) is 2. The molecule has 1 aliphatic carbocycles. The van der Waals surface area contributed by atoms with Crippen LogP contribution < -0.4 is 5.32 Å². The molecule has 0 amide bonds. The molecule has 3 nitrogen and oxygen atoms in total. The molecule has 2 N–H and O–H groups in total. The van der Waals surface area contributed by atoms with E-state index in [9.17, 15) is 4.79 Å². The van der Waals surface area contributed by atoms with Crippen LogP contribution in [0.25, 0.3) is 6.08 Å². The van der Waals surface area contributed by atoms with Crippen LogP contribution in [0, 0.1) is 0 Å². The summed E-state index contributed by atoms with van der Waals surface area (Å²) in [6, 6.07) is 7.64. The second kappa shape index (κ2) is 4.72. The quantitative estimate of drug-likeness (QED) is 0.837. The van der Waals surface area contributed by atoms with E-state index in [1.807, 2.05) is 26.0 Å². The summed E-state index contributed by atoms with van der Waals surface area (Å²) < 4.78 is 0. The van der Waals surface area contributed by atoms with Gasteiger partial charge < -0.3 is 5.11 Å². The third-order valence-electron chi connectivity index (χ3n) is 3.22. The number of carboxylic acid groups (broad SMARTS) is 1. The van der Waals surface area contributed by atoms with Crippen LogP contribution in [-0.2, 0) is 4.79 Å². The third-order valence-corrected chi connectivity index (χ3v) is 3.22. The number of aliphatic carboxylic acids is 1. The first-order valence-electron chi connectivity index (χ1n) is 5.89. The fraction of sp³-hybridized carbons (Fsp3) is 0.357. The van der Waals surface area contributed by atoms with E-state index in [0.29, 0.717) is 6.42 Å². The van der Waals surface area contributed by atoms with Gasteiger partial charge in [-0.05, 0) is 24.5 Å². The van der Waals surface area contributed by atoms with Gasteiger partial charge in [0, 0.05) is 0 Å². The Bertz CT molecular complexity index is 465. The minimum atomic E-state index is -0.787. The standard InChI is InChI=1S/C14H17NO2/c1-3-12(14(16)17)15-13-9(2)8-10-6-4-5-7-11(10)13/h4-8,12-13,15H,3H2,1-2H3,(H,16,17). The Morgan fingerprint density at radius 1 is 1.47 bits per heavy atom. The number of fused-ring (bicyclic) bond motifs is 1. The molecule has 0 aliphatic heterocycles. The number of rotatable bonds is 4. The molecular formula is C14H17NO2. The van der Waals surface area contributed by atoms with Gasteiger partial charge in [0.15, 0.2) is 0 Å². The van der Waals surface area contributed by atoms with E-state index in [0.717, 1.165) is 0 Å². The van der Waals surface area contributed by atoms with Crippen LogP contribution in [0.5, 0.6) is 0 Å². The van der Waals surface area contributed by atoms with Crippen molar-refractivity contribution >= 4 is 12.0 Å². The van der Waals surface area contributed by atoms with E-state index < -0.39 is 12.0 Å². The molecule has 0 heterocycles. The summed E-state index contributed by atoms with van der Waals surface area (Å²) in [6.07, 6.45) is 2.70. The lowest BCUT2D eigenvalue weighted by Gasteiger charge is -2.21. The maximum Gasteiger partial charge on any atom is 0.320 e. The number of nitrogens with one attached hydrogen (secondary N) is 1. The molecule has 0 radical (unpaired) electrons. The van der Waals surface area contributed by atoms with Crippen LogP contribution in [-0.4, -0.2) is 17.1 Å². The summed E-state index contributed by atoms with van der Waals surface area (Å²) in [5, 5.41) is 12.3. The highest BCUT2D eigenvalue weighted by atomic mass is 16.4. The molecule has 1 aliphatic rings. The molecule has 2 unspecified atom stereocenters. The first-order valence-corrected chi connectivity index (χ1v) is 5.89. The highest BCUT2D eigenvalue weighted by Crippen LogP contribution is 2.34. The minimum absolute atomic E-state index is 0.0345. The zero-order chi connectivity index (χ0) is 12.4. The van der Waals surface area contributed by atoms with E-state index in [1.165, 1.54) is 16.7 Å². The van der Waals surface area contributed by atoms with Gasteiger partial charge in [-0.2, -0.15) is 0 Å². The third kappa shape index (κ3) is 2.24. The molecule has 2 rings (SSSR count). The summed E-state index contributed by atoms with van der Waals surface area (Å²) in [4.78, 5) is 11.1. The van der Waals surface area contributed by atoms with Crippen molar-refractivity contribution in [2.24, 2.45) is 0 Å². The monoisotopic (exact) mass is 231 g/mol. The van der Waals surface area contributed by atoms with Crippen molar-refractivity contribution in [3.05, 3.63) is 41.0 Å². The van der Waals surface area contributed by atoms with Gasteiger partial charge in [0.2, 0.25) is 0 Å². The van der Waals surface area contributed by atoms with Gasteiger partial charge in [0.25, 0.3) is 0 Å². The summed E-state index contributed by atoms with van der Waals surface area (Å²) in [6.45, 7) is 3.91. The van der Waals surface area contributed by atoms with Crippen molar-refractivity contribution in [3.63, 3.8) is 0 Å². The lowest BCUT2D eigenvalue weighted by Crippen LogP contribution is -2.38. The number of hydrogen-bond acceptors (Lipinski definition) is 2. The van der Waals surface area contributed by atoms with Gasteiger partial charge >= 0.3 is 5.97 Å². The van der Waals surface area contributed by atoms with Crippen molar-refractivity contribution in [1.82, 2.24) is 5.32 Å². The topological polar surface area (TPSA) is 49.3 Å². The van der Waals surface area contributed by atoms with Gasteiger partial charge in [0.1, 0.15) is 6.04 Å². The van der Waals surface area contributed by atoms with Crippen LogP contribution in [0.2, 0.25) is 0 Å². The van der Waals surface area contributed by atoms with Crippen molar-refractivity contribution < 1.29 is 9.90 Å². The Labute approximate surface area is 101 Å². The van der Waals surface area contributed by atoms with Crippen molar-refractivity contribution in [1.29, 1.82) is 0 Å². The van der Waals surface area contributed by atoms with E-state index in [1.54, 1.807) is 0 Å². The van der Waals surface area contributed by atoms with Gasteiger partial charge in [0.05, 0.1) is 6.04 Å². The van der Waals surface area contributed by atoms with E-state index >= 15 is 0 Å². The predicted octanol–water partition coefficient (Wildman–Crippen LogP) is 2.60. The average molecular weight is 231 g/mol. The molecular weight excluding hydrogens is 214 g/mol. The molecule has 0 saturated carbocycles. The first-order chi connectivity index (χ1) is 8.13. The molecule has 1 aromatic carbocycles. The molecule has 0 fully saturated rings. The molecule has 0 aromatic heterocycles. The smallest absolute Gasteiger partial charge is 0.320 e. The van der Waals surface area contributed by atoms with Crippen molar-refractivity contribution in [2.45, 2.75) is 32.4 Å². The second-order valence-electron chi connectivity index (χ2n) is 4.42. The zero-order valence-electron chi connectivity index (χ0n) is 10.1. The molecule has 0 spiro atoms. The molecule has 0 saturated heterocycles. The summed E-state index contributed by atoms with van der Waals surface area (Å²) in [5.41, 5.74) is 3.53. The van der Waals surface area contributed by atoms with Gasteiger partial charge in [-0.25, -0.2) is 0 Å². The minimum Gasteiger partial charge on any atom is -0.480 e. The van der Waals surface area contributed by atoms with Crippen LogP contribution in [0.4, 0.5) is 0 Å². The van der Waals surface area contributed by atoms with Crippen LogP contribution >= 0.6 is 0 Å². The Morgan fingerprint density at radius 2 is 2.18 bits per heavy atom. The Balaban J connectivity index is 2.23. The lowest BCUT2D eigenvalue weighted by atomic mass is 10.0. The predicted molar refractivity (Wildman–Crippen MR) is 67.7 cm³/mol.